The molecule has 2 heterocycles. The van der Waals surface area contributed by atoms with E-state index in [1.54, 1.807) is 6.07 Å². The van der Waals surface area contributed by atoms with E-state index in [0.29, 0.717) is 10.0 Å². The lowest BCUT2D eigenvalue weighted by Gasteiger charge is -2.19. The lowest BCUT2D eigenvalue weighted by atomic mass is 9.99. The highest BCUT2D eigenvalue weighted by Crippen LogP contribution is 2.32. The Morgan fingerprint density at radius 1 is 1.19 bits per heavy atom. The zero-order chi connectivity index (χ0) is 14.8. The number of hydrogen-bond donors (Lipinski definition) is 1. The summed E-state index contributed by atoms with van der Waals surface area (Å²) in [6.07, 6.45) is 3.81. The molecular formula is C16H15Cl2N3. The largest absolute Gasteiger partial charge is 0.306 e. The highest BCUT2D eigenvalue weighted by atomic mass is 35.5. The fourth-order valence-corrected chi connectivity index (χ4v) is 2.91. The van der Waals surface area contributed by atoms with Crippen molar-refractivity contribution in [1.82, 2.24) is 14.9 Å². The average molecular weight is 320 g/mol. The fraction of sp³-hybridized carbons (Fsp3) is 0.188. The van der Waals surface area contributed by atoms with E-state index >= 15 is 0 Å². The second kappa shape index (κ2) is 6.06. The molecule has 1 atom stereocenters. The van der Waals surface area contributed by atoms with Crippen LogP contribution in [-0.4, -0.2) is 16.2 Å². The second-order valence-electron chi connectivity index (χ2n) is 4.79. The molecule has 0 spiro atoms. The molecule has 0 fully saturated rings. The van der Waals surface area contributed by atoms with Gasteiger partial charge in [0, 0.05) is 21.8 Å². The minimum atomic E-state index is -0.0406. The molecule has 21 heavy (non-hydrogen) atoms. The molecule has 3 rings (SSSR count). The smallest absolute Gasteiger partial charge is 0.0712 e. The van der Waals surface area contributed by atoms with Gasteiger partial charge in [-0.25, -0.2) is 4.52 Å². The Kier molecular flexibility index (Phi) is 4.15. The third kappa shape index (κ3) is 2.77. The summed E-state index contributed by atoms with van der Waals surface area (Å²) in [6, 6.07) is 11.5. The van der Waals surface area contributed by atoms with Crippen molar-refractivity contribution in [2.75, 3.05) is 6.54 Å². The van der Waals surface area contributed by atoms with Crippen LogP contribution in [0, 0.1) is 0 Å². The van der Waals surface area contributed by atoms with Crippen molar-refractivity contribution < 1.29 is 0 Å². The van der Waals surface area contributed by atoms with Crippen LogP contribution in [0.2, 0.25) is 10.0 Å². The first-order valence-corrected chi connectivity index (χ1v) is 7.57. The maximum absolute atomic E-state index is 6.37. The van der Waals surface area contributed by atoms with E-state index in [2.05, 4.69) is 17.3 Å². The Morgan fingerprint density at radius 3 is 2.86 bits per heavy atom. The van der Waals surface area contributed by atoms with Crippen LogP contribution in [0.1, 0.15) is 24.1 Å². The summed E-state index contributed by atoms with van der Waals surface area (Å²) in [5.41, 5.74) is 3.10. The van der Waals surface area contributed by atoms with Crippen LogP contribution in [0.25, 0.3) is 5.52 Å². The normalized spacial score (nSPS) is 12.7. The van der Waals surface area contributed by atoms with Crippen LogP contribution in [0.15, 0.2) is 48.8 Å². The Balaban J connectivity index is 2.15. The van der Waals surface area contributed by atoms with Gasteiger partial charge in [-0.05, 0) is 42.4 Å². The van der Waals surface area contributed by atoms with E-state index in [1.165, 1.54) is 0 Å². The maximum Gasteiger partial charge on any atom is 0.0712 e. The molecule has 108 valence electrons. The Hall–Kier alpha value is -1.55. The van der Waals surface area contributed by atoms with Crippen molar-refractivity contribution >= 4 is 28.7 Å². The lowest BCUT2D eigenvalue weighted by molar-refractivity contribution is 0.634. The zero-order valence-electron chi connectivity index (χ0n) is 11.6. The molecule has 0 saturated carbocycles. The number of aromatic nitrogens is 2. The summed E-state index contributed by atoms with van der Waals surface area (Å²) in [4.78, 5) is 0. The first-order chi connectivity index (χ1) is 10.2. The first kappa shape index (κ1) is 14.4. The Labute approximate surface area is 133 Å². The predicted octanol–water partition coefficient (Wildman–Crippen LogP) is 4.34. The molecule has 1 N–H and O–H groups in total. The van der Waals surface area contributed by atoms with Gasteiger partial charge < -0.3 is 5.32 Å². The van der Waals surface area contributed by atoms with Crippen LogP contribution in [0.5, 0.6) is 0 Å². The number of pyridine rings is 1. The van der Waals surface area contributed by atoms with E-state index in [1.807, 2.05) is 47.2 Å². The molecule has 0 amide bonds. The quantitative estimate of drug-likeness (QED) is 0.775. The molecule has 0 radical (unpaired) electrons. The van der Waals surface area contributed by atoms with Gasteiger partial charge in [-0.3, -0.25) is 0 Å². The molecule has 0 aliphatic heterocycles. The second-order valence-corrected chi connectivity index (χ2v) is 5.63. The Morgan fingerprint density at radius 2 is 2.05 bits per heavy atom. The van der Waals surface area contributed by atoms with E-state index in [9.17, 15) is 0 Å². The van der Waals surface area contributed by atoms with Crippen LogP contribution >= 0.6 is 23.2 Å². The van der Waals surface area contributed by atoms with Gasteiger partial charge >= 0.3 is 0 Å². The van der Waals surface area contributed by atoms with Gasteiger partial charge in [-0.15, -0.1) is 0 Å². The molecule has 2 aromatic heterocycles. The predicted molar refractivity (Wildman–Crippen MR) is 87.2 cm³/mol. The van der Waals surface area contributed by atoms with Gasteiger partial charge in [0.2, 0.25) is 0 Å². The third-order valence-electron chi connectivity index (χ3n) is 3.44. The van der Waals surface area contributed by atoms with E-state index in [0.717, 1.165) is 23.2 Å². The van der Waals surface area contributed by atoms with Gasteiger partial charge in [0.1, 0.15) is 0 Å². The van der Waals surface area contributed by atoms with Crippen molar-refractivity contribution in [1.29, 1.82) is 0 Å². The molecular weight excluding hydrogens is 305 g/mol. The third-order valence-corrected chi connectivity index (χ3v) is 4.02. The van der Waals surface area contributed by atoms with Crippen molar-refractivity contribution in [3.63, 3.8) is 0 Å². The summed E-state index contributed by atoms with van der Waals surface area (Å²) in [5, 5.41) is 9.23. The summed E-state index contributed by atoms with van der Waals surface area (Å²) in [6.45, 7) is 2.88. The molecule has 3 aromatic rings. The highest BCUT2D eigenvalue weighted by molar-refractivity contribution is 6.33. The topological polar surface area (TPSA) is 29.3 Å². The number of rotatable bonds is 4. The molecule has 0 saturated heterocycles. The van der Waals surface area contributed by atoms with E-state index in [-0.39, 0.29) is 6.04 Å². The number of nitrogens with one attached hydrogen (secondary N) is 1. The highest BCUT2D eigenvalue weighted by Gasteiger charge is 2.20. The zero-order valence-corrected chi connectivity index (χ0v) is 13.1. The summed E-state index contributed by atoms with van der Waals surface area (Å²) >= 11 is 12.5. The minimum Gasteiger partial charge on any atom is -0.306 e. The van der Waals surface area contributed by atoms with Gasteiger partial charge in [0.05, 0.1) is 17.8 Å². The van der Waals surface area contributed by atoms with Crippen LogP contribution in [0.4, 0.5) is 0 Å². The van der Waals surface area contributed by atoms with Crippen LogP contribution in [0.3, 0.4) is 0 Å². The SMILES string of the molecule is CCNC(c1cc(Cl)ccc1Cl)c1cnn2ccccc12. The van der Waals surface area contributed by atoms with Gasteiger partial charge in [0.15, 0.2) is 0 Å². The Bertz CT molecular complexity index is 767. The monoisotopic (exact) mass is 319 g/mol. The standard InChI is InChI=1S/C16H15Cl2N3/c1-2-19-16(12-9-11(17)6-7-14(12)18)13-10-20-21-8-4-3-5-15(13)21/h3-10,16,19H,2H2,1H3. The number of benzene rings is 1. The van der Waals surface area contributed by atoms with Crippen molar-refractivity contribution in [3.8, 4) is 0 Å². The molecule has 1 unspecified atom stereocenters. The minimum absolute atomic E-state index is 0.0406. The molecule has 0 aliphatic rings. The lowest BCUT2D eigenvalue weighted by Crippen LogP contribution is -2.22. The van der Waals surface area contributed by atoms with Crippen LogP contribution < -0.4 is 5.32 Å². The number of fused-ring (bicyclic) bond motifs is 1. The van der Waals surface area contributed by atoms with Crippen molar-refractivity contribution in [3.05, 3.63) is 70.0 Å². The summed E-state index contributed by atoms with van der Waals surface area (Å²) in [5.74, 6) is 0. The van der Waals surface area contributed by atoms with Crippen LogP contribution in [-0.2, 0) is 0 Å². The first-order valence-electron chi connectivity index (χ1n) is 6.81. The fourth-order valence-electron chi connectivity index (χ4n) is 2.50. The van der Waals surface area contributed by atoms with Crippen molar-refractivity contribution in [2.45, 2.75) is 13.0 Å². The summed E-state index contributed by atoms with van der Waals surface area (Å²) in [7, 11) is 0. The number of nitrogens with zero attached hydrogens (tertiary/aromatic N) is 2. The van der Waals surface area contributed by atoms with Gasteiger partial charge in [0.25, 0.3) is 0 Å². The van der Waals surface area contributed by atoms with Gasteiger partial charge in [-0.2, -0.15) is 5.10 Å². The molecule has 0 bridgehead atoms. The molecule has 1 aromatic carbocycles. The summed E-state index contributed by atoms with van der Waals surface area (Å²) < 4.78 is 1.86. The number of hydrogen-bond acceptors (Lipinski definition) is 2. The van der Waals surface area contributed by atoms with E-state index in [4.69, 9.17) is 23.2 Å². The number of halogens is 2. The van der Waals surface area contributed by atoms with Gasteiger partial charge in [-0.1, -0.05) is 36.2 Å². The maximum atomic E-state index is 6.37. The molecule has 0 aliphatic carbocycles. The van der Waals surface area contributed by atoms with Crippen molar-refractivity contribution in [2.24, 2.45) is 0 Å². The van der Waals surface area contributed by atoms with E-state index < -0.39 is 0 Å². The molecule has 3 nitrogen and oxygen atoms in total. The molecule has 5 heteroatoms. The average Bonchev–Trinajstić information content (AvgIpc) is 2.91.